The highest BCUT2D eigenvalue weighted by Gasteiger charge is 2.27. The van der Waals surface area contributed by atoms with Gasteiger partial charge >= 0.3 is 0 Å². The minimum Gasteiger partial charge on any atom is -0.399 e. The zero-order valence-electron chi connectivity index (χ0n) is 11.2. The number of nitrogens with one attached hydrogen (secondary N) is 1. The van der Waals surface area contributed by atoms with Gasteiger partial charge in [0.25, 0.3) is 0 Å². The molecule has 0 aliphatic carbocycles. The number of rotatable bonds is 3. The molecule has 4 nitrogen and oxygen atoms in total. The third kappa shape index (κ3) is 2.36. The summed E-state index contributed by atoms with van der Waals surface area (Å²) in [5.41, 5.74) is 7.51. The number of nitrogens with zero attached hydrogens (tertiary/aromatic N) is 2. The second-order valence-corrected chi connectivity index (χ2v) is 5.00. The number of likely N-dealkylation sites (N-methyl/N-ethyl adjacent to an activating group) is 1. The van der Waals surface area contributed by atoms with Gasteiger partial charge in [-0.05, 0) is 32.6 Å². The van der Waals surface area contributed by atoms with Crippen molar-refractivity contribution in [2.75, 3.05) is 50.2 Å². The molecule has 1 fully saturated rings. The second-order valence-electron chi connectivity index (χ2n) is 5.00. The summed E-state index contributed by atoms with van der Waals surface area (Å²) >= 11 is 0. The molecule has 1 aromatic rings. The summed E-state index contributed by atoms with van der Waals surface area (Å²) in [5, 5.41) is 3.02. The lowest BCUT2D eigenvalue weighted by molar-refractivity contribution is 0.315. The maximum Gasteiger partial charge on any atom is 0.150 e. The van der Waals surface area contributed by atoms with Crippen LogP contribution in [-0.2, 0) is 0 Å². The lowest BCUT2D eigenvalue weighted by Crippen LogP contribution is -2.32. The predicted octanol–water partition coefficient (Wildman–Crippen LogP) is 1.59. The average Bonchev–Trinajstić information content (AvgIpc) is 2.77. The maximum atomic E-state index is 14.1. The van der Waals surface area contributed by atoms with Crippen LogP contribution in [0.5, 0.6) is 0 Å². The van der Waals surface area contributed by atoms with Crippen LogP contribution in [-0.4, -0.2) is 45.2 Å². The number of benzene rings is 1. The smallest absolute Gasteiger partial charge is 0.150 e. The van der Waals surface area contributed by atoms with Gasteiger partial charge in [-0.2, -0.15) is 0 Å². The standard InChI is InChI=1S/C13H21FN4/c1-16-12-7-9(15)6-11(14)13(12)18-5-4-10(8-18)17(2)3/h6-7,10,16H,4-5,8,15H2,1-3H3. The van der Waals surface area contributed by atoms with E-state index in [9.17, 15) is 4.39 Å². The van der Waals surface area contributed by atoms with Gasteiger partial charge in [0, 0.05) is 31.9 Å². The lowest BCUT2D eigenvalue weighted by atomic mass is 10.2. The van der Waals surface area contributed by atoms with Crippen molar-refractivity contribution in [1.29, 1.82) is 0 Å². The molecular formula is C13H21FN4. The quantitative estimate of drug-likeness (QED) is 0.802. The Morgan fingerprint density at radius 3 is 2.72 bits per heavy atom. The Bertz CT molecular complexity index is 433. The molecule has 0 saturated carbocycles. The SMILES string of the molecule is CNc1cc(N)cc(F)c1N1CCC(N(C)C)C1. The fourth-order valence-corrected chi connectivity index (χ4v) is 2.50. The van der Waals surface area contributed by atoms with Crippen LogP contribution in [0.25, 0.3) is 0 Å². The van der Waals surface area contributed by atoms with Crippen molar-refractivity contribution in [3.63, 3.8) is 0 Å². The van der Waals surface area contributed by atoms with E-state index < -0.39 is 0 Å². The molecule has 0 amide bonds. The first-order chi connectivity index (χ1) is 8.52. The number of nitrogens with two attached hydrogens (primary N) is 1. The van der Waals surface area contributed by atoms with Gasteiger partial charge < -0.3 is 20.9 Å². The molecule has 1 atom stereocenters. The molecule has 1 aliphatic heterocycles. The van der Waals surface area contributed by atoms with E-state index in [1.807, 2.05) is 0 Å². The number of hydrogen-bond donors (Lipinski definition) is 2. The van der Waals surface area contributed by atoms with E-state index in [0.717, 1.165) is 25.2 Å². The van der Waals surface area contributed by atoms with Crippen LogP contribution in [0.4, 0.5) is 21.5 Å². The molecular weight excluding hydrogens is 231 g/mol. The fourth-order valence-electron chi connectivity index (χ4n) is 2.50. The number of halogens is 1. The van der Waals surface area contributed by atoms with Crippen molar-refractivity contribution in [2.45, 2.75) is 12.5 Å². The molecule has 0 spiro atoms. The van der Waals surface area contributed by atoms with Gasteiger partial charge in [0.1, 0.15) is 0 Å². The van der Waals surface area contributed by atoms with Gasteiger partial charge in [0.2, 0.25) is 0 Å². The van der Waals surface area contributed by atoms with Crippen molar-refractivity contribution in [3.05, 3.63) is 17.9 Å². The van der Waals surface area contributed by atoms with Crippen LogP contribution in [0.1, 0.15) is 6.42 Å². The fraction of sp³-hybridized carbons (Fsp3) is 0.538. The summed E-state index contributed by atoms with van der Waals surface area (Å²) < 4.78 is 14.1. The normalized spacial score (nSPS) is 19.6. The Morgan fingerprint density at radius 1 is 1.44 bits per heavy atom. The van der Waals surface area contributed by atoms with Gasteiger partial charge in [0.15, 0.2) is 5.82 Å². The van der Waals surface area contributed by atoms with E-state index in [2.05, 4.69) is 29.2 Å². The molecule has 1 aliphatic rings. The Morgan fingerprint density at radius 2 is 2.17 bits per heavy atom. The van der Waals surface area contributed by atoms with Crippen LogP contribution in [0.2, 0.25) is 0 Å². The van der Waals surface area contributed by atoms with E-state index >= 15 is 0 Å². The van der Waals surface area contributed by atoms with E-state index in [0.29, 0.717) is 17.4 Å². The molecule has 100 valence electrons. The van der Waals surface area contributed by atoms with Gasteiger partial charge in [-0.15, -0.1) is 0 Å². The Kier molecular flexibility index (Phi) is 3.61. The summed E-state index contributed by atoms with van der Waals surface area (Å²) in [7, 11) is 5.91. The first-order valence-corrected chi connectivity index (χ1v) is 6.21. The highest BCUT2D eigenvalue weighted by molar-refractivity contribution is 5.75. The highest BCUT2D eigenvalue weighted by atomic mass is 19.1. The zero-order chi connectivity index (χ0) is 13.3. The monoisotopic (exact) mass is 252 g/mol. The number of hydrogen-bond acceptors (Lipinski definition) is 4. The Balaban J connectivity index is 2.29. The van der Waals surface area contributed by atoms with E-state index in [-0.39, 0.29) is 5.82 Å². The molecule has 1 heterocycles. The van der Waals surface area contributed by atoms with Crippen LogP contribution in [0.3, 0.4) is 0 Å². The summed E-state index contributed by atoms with van der Waals surface area (Å²) in [6.45, 7) is 1.72. The van der Waals surface area contributed by atoms with E-state index in [1.165, 1.54) is 6.07 Å². The van der Waals surface area contributed by atoms with Crippen LogP contribution < -0.4 is 16.0 Å². The molecule has 5 heteroatoms. The van der Waals surface area contributed by atoms with Gasteiger partial charge in [-0.25, -0.2) is 4.39 Å². The minimum atomic E-state index is -0.251. The Hall–Kier alpha value is -1.49. The third-order valence-corrected chi connectivity index (χ3v) is 3.56. The molecule has 0 radical (unpaired) electrons. The van der Waals surface area contributed by atoms with Crippen molar-refractivity contribution < 1.29 is 4.39 Å². The molecule has 2 rings (SSSR count). The largest absolute Gasteiger partial charge is 0.399 e. The second kappa shape index (κ2) is 5.02. The summed E-state index contributed by atoms with van der Waals surface area (Å²) in [4.78, 5) is 4.28. The van der Waals surface area contributed by atoms with Crippen molar-refractivity contribution in [3.8, 4) is 0 Å². The first kappa shape index (κ1) is 13.0. The van der Waals surface area contributed by atoms with Gasteiger partial charge in [0.05, 0.1) is 11.4 Å². The van der Waals surface area contributed by atoms with Crippen molar-refractivity contribution >= 4 is 17.1 Å². The van der Waals surface area contributed by atoms with Gasteiger partial charge in [-0.1, -0.05) is 0 Å². The molecule has 0 bridgehead atoms. The van der Waals surface area contributed by atoms with Crippen LogP contribution in [0.15, 0.2) is 12.1 Å². The summed E-state index contributed by atoms with van der Waals surface area (Å²) in [5.74, 6) is -0.251. The summed E-state index contributed by atoms with van der Waals surface area (Å²) in [6, 6.07) is 3.65. The maximum absolute atomic E-state index is 14.1. The lowest BCUT2D eigenvalue weighted by Gasteiger charge is -2.24. The number of nitrogen functional groups attached to an aromatic ring is 1. The molecule has 1 unspecified atom stereocenters. The zero-order valence-corrected chi connectivity index (χ0v) is 11.2. The van der Waals surface area contributed by atoms with Crippen molar-refractivity contribution in [1.82, 2.24) is 4.90 Å². The first-order valence-electron chi connectivity index (χ1n) is 6.21. The molecule has 3 N–H and O–H groups in total. The van der Waals surface area contributed by atoms with Crippen LogP contribution >= 0.6 is 0 Å². The summed E-state index contributed by atoms with van der Waals surface area (Å²) in [6.07, 6.45) is 1.06. The number of anilines is 3. The molecule has 18 heavy (non-hydrogen) atoms. The van der Waals surface area contributed by atoms with E-state index in [4.69, 9.17) is 5.73 Å². The predicted molar refractivity (Wildman–Crippen MR) is 74.7 cm³/mol. The van der Waals surface area contributed by atoms with Crippen LogP contribution in [0, 0.1) is 5.82 Å². The third-order valence-electron chi connectivity index (χ3n) is 3.56. The molecule has 1 saturated heterocycles. The topological polar surface area (TPSA) is 44.5 Å². The van der Waals surface area contributed by atoms with E-state index in [1.54, 1.807) is 13.1 Å². The minimum absolute atomic E-state index is 0.251. The molecule has 1 aromatic carbocycles. The van der Waals surface area contributed by atoms with Crippen molar-refractivity contribution in [2.24, 2.45) is 0 Å². The highest BCUT2D eigenvalue weighted by Crippen LogP contribution is 2.34. The average molecular weight is 252 g/mol. The van der Waals surface area contributed by atoms with Gasteiger partial charge in [-0.3, -0.25) is 0 Å². The Labute approximate surface area is 108 Å². The molecule has 0 aromatic heterocycles.